The lowest BCUT2D eigenvalue weighted by molar-refractivity contribution is -0.129. The summed E-state index contributed by atoms with van der Waals surface area (Å²) in [6.45, 7) is 8.22. The van der Waals surface area contributed by atoms with Crippen molar-refractivity contribution < 1.29 is 19.1 Å². The molecule has 0 radical (unpaired) electrons. The zero-order valence-corrected chi connectivity index (χ0v) is 16.8. The van der Waals surface area contributed by atoms with Crippen molar-refractivity contribution in [2.75, 3.05) is 19.8 Å². The van der Waals surface area contributed by atoms with E-state index >= 15 is 0 Å². The van der Waals surface area contributed by atoms with E-state index in [0.29, 0.717) is 43.2 Å². The van der Waals surface area contributed by atoms with Gasteiger partial charge in [-0.05, 0) is 64.2 Å². The maximum atomic E-state index is 11.9. The highest BCUT2D eigenvalue weighted by atomic mass is 16.5. The van der Waals surface area contributed by atoms with Crippen molar-refractivity contribution in [1.82, 2.24) is 5.32 Å². The summed E-state index contributed by atoms with van der Waals surface area (Å²) in [4.78, 5) is 23.5. The molecule has 26 heavy (non-hydrogen) atoms. The summed E-state index contributed by atoms with van der Waals surface area (Å²) in [6.07, 6.45) is 7.81. The van der Waals surface area contributed by atoms with Crippen molar-refractivity contribution in [1.29, 1.82) is 0 Å². The second kappa shape index (κ2) is 11.0. The maximum absolute atomic E-state index is 11.9. The molecule has 0 spiro atoms. The van der Waals surface area contributed by atoms with Crippen LogP contribution >= 0.6 is 0 Å². The number of hydrogen-bond acceptors (Lipinski definition) is 4. The van der Waals surface area contributed by atoms with E-state index in [2.05, 4.69) is 19.2 Å². The Hall–Kier alpha value is -0.940. The van der Waals surface area contributed by atoms with Gasteiger partial charge in [0.05, 0.1) is 12.7 Å². The van der Waals surface area contributed by atoms with E-state index in [1.165, 1.54) is 25.7 Å². The molecule has 0 heterocycles. The van der Waals surface area contributed by atoms with Crippen molar-refractivity contribution in [3.8, 4) is 0 Å². The molecule has 0 saturated heterocycles. The molecule has 5 heteroatoms. The Morgan fingerprint density at radius 2 is 1.65 bits per heavy atom. The first kappa shape index (κ1) is 21.4. The molecule has 150 valence electrons. The molecule has 0 atom stereocenters. The standard InChI is InChI=1S/C21H37NO4/c1-4-20(23)18-11-19(12-18)22-21(24)9-10-25-13-16-5-7-17(8-6-16)14-26-15(2)3/h15-19H,4-14H2,1-3H3,(H,22,24). The van der Waals surface area contributed by atoms with Crippen LogP contribution in [0.3, 0.4) is 0 Å². The molecule has 5 nitrogen and oxygen atoms in total. The van der Waals surface area contributed by atoms with E-state index in [1.807, 2.05) is 6.92 Å². The lowest BCUT2D eigenvalue weighted by atomic mass is 9.77. The van der Waals surface area contributed by atoms with Gasteiger partial charge in [0.15, 0.2) is 0 Å². The molecule has 0 aromatic carbocycles. The molecule has 1 N–H and O–H groups in total. The summed E-state index contributed by atoms with van der Waals surface area (Å²) >= 11 is 0. The summed E-state index contributed by atoms with van der Waals surface area (Å²) in [6, 6.07) is 0.186. The second-order valence-corrected chi connectivity index (χ2v) is 8.35. The van der Waals surface area contributed by atoms with Crippen LogP contribution in [0, 0.1) is 17.8 Å². The molecule has 0 bridgehead atoms. The number of rotatable bonds is 11. The highest BCUT2D eigenvalue weighted by Crippen LogP contribution is 2.30. The van der Waals surface area contributed by atoms with E-state index in [9.17, 15) is 9.59 Å². The van der Waals surface area contributed by atoms with E-state index in [1.54, 1.807) is 0 Å². The van der Waals surface area contributed by atoms with Gasteiger partial charge in [0, 0.05) is 38.0 Å². The van der Waals surface area contributed by atoms with E-state index in [0.717, 1.165) is 26.1 Å². The first-order valence-electron chi connectivity index (χ1n) is 10.5. The average Bonchev–Trinajstić information content (AvgIpc) is 2.60. The first-order chi connectivity index (χ1) is 12.5. The Bertz CT molecular complexity index is 437. The smallest absolute Gasteiger partial charge is 0.222 e. The van der Waals surface area contributed by atoms with Crippen LogP contribution in [0.25, 0.3) is 0 Å². The van der Waals surface area contributed by atoms with Crippen LogP contribution in [-0.4, -0.2) is 43.7 Å². The Morgan fingerprint density at radius 3 is 2.23 bits per heavy atom. The molecule has 1 amide bonds. The van der Waals surface area contributed by atoms with Gasteiger partial charge in [0.25, 0.3) is 0 Å². The fourth-order valence-electron chi connectivity index (χ4n) is 3.90. The highest BCUT2D eigenvalue weighted by Gasteiger charge is 2.34. The number of carbonyl (C=O) groups excluding carboxylic acids is 2. The van der Waals surface area contributed by atoms with Crippen LogP contribution in [0.4, 0.5) is 0 Å². The number of amides is 1. The van der Waals surface area contributed by atoms with Crippen molar-refractivity contribution in [2.24, 2.45) is 17.8 Å². The summed E-state index contributed by atoms with van der Waals surface area (Å²) in [5.74, 6) is 1.87. The van der Waals surface area contributed by atoms with Gasteiger partial charge in [-0.15, -0.1) is 0 Å². The number of carbonyl (C=O) groups is 2. The zero-order chi connectivity index (χ0) is 18.9. The molecular formula is C21H37NO4. The molecule has 0 aromatic rings. The van der Waals surface area contributed by atoms with Gasteiger partial charge < -0.3 is 14.8 Å². The highest BCUT2D eigenvalue weighted by molar-refractivity contribution is 5.82. The molecule has 2 fully saturated rings. The fourth-order valence-corrected chi connectivity index (χ4v) is 3.90. The fraction of sp³-hybridized carbons (Fsp3) is 0.905. The number of ketones is 1. The topological polar surface area (TPSA) is 64.6 Å². The minimum absolute atomic E-state index is 0.0481. The van der Waals surface area contributed by atoms with Crippen LogP contribution in [-0.2, 0) is 19.1 Å². The minimum Gasteiger partial charge on any atom is -0.381 e. The van der Waals surface area contributed by atoms with Crippen molar-refractivity contribution in [2.45, 2.75) is 84.3 Å². The average molecular weight is 368 g/mol. The third kappa shape index (κ3) is 7.36. The van der Waals surface area contributed by atoms with Crippen molar-refractivity contribution in [3.05, 3.63) is 0 Å². The molecular weight excluding hydrogens is 330 g/mol. The van der Waals surface area contributed by atoms with Gasteiger partial charge in [-0.3, -0.25) is 9.59 Å². The summed E-state index contributed by atoms with van der Waals surface area (Å²) in [5.41, 5.74) is 0. The molecule has 2 saturated carbocycles. The maximum Gasteiger partial charge on any atom is 0.222 e. The predicted molar refractivity (Wildman–Crippen MR) is 102 cm³/mol. The van der Waals surface area contributed by atoms with Crippen LogP contribution in [0.2, 0.25) is 0 Å². The largest absolute Gasteiger partial charge is 0.381 e. The van der Waals surface area contributed by atoms with Gasteiger partial charge >= 0.3 is 0 Å². The monoisotopic (exact) mass is 367 g/mol. The molecule has 0 aliphatic heterocycles. The SMILES string of the molecule is CCC(=O)C1CC(NC(=O)CCOCC2CCC(COC(C)C)CC2)C1. The quantitative estimate of drug-likeness (QED) is 0.568. The Balaban J connectivity index is 1.46. The molecule has 2 rings (SSSR count). The lowest BCUT2D eigenvalue weighted by Crippen LogP contribution is -2.46. The van der Waals surface area contributed by atoms with E-state index in [4.69, 9.17) is 9.47 Å². The third-order valence-corrected chi connectivity index (χ3v) is 5.77. The molecule has 2 aliphatic carbocycles. The van der Waals surface area contributed by atoms with E-state index < -0.39 is 0 Å². The van der Waals surface area contributed by atoms with Gasteiger partial charge in [-0.1, -0.05) is 6.92 Å². The Kier molecular flexibility index (Phi) is 9.06. The minimum atomic E-state index is 0.0481. The third-order valence-electron chi connectivity index (χ3n) is 5.77. The van der Waals surface area contributed by atoms with Crippen LogP contribution in [0.15, 0.2) is 0 Å². The summed E-state index contributed by atoms with van der Waals surface area (Å²) < 4.78 is 11.5. The number of nitrogens with one attached hydrogen (secondary N) is 1. The molecule has 0 aromatic heterocycles. The summed E-state index contributed by atoms with van der Waals surface area (Å²) in [5, 5.41) is 3.01. The van der Waals surface area contributed by atoms with Crippen LogP contribution in [0.1, 0.15) is 72.1 Å². The van der Waals surface area contributed by atoms with Gasteiger partial charge in [-0.25, -0.2) is 0 Å². The molecule has 2 aliphatic rings. The molecule has 0 unspecified atom stereocenters. The summed E-state index contributed by atoms with van der Waals surface area (Å²) in [7, 11) is 0. The first-order valence-corrected chi connectivity index (χ1v) is 10.5. The second-order valence-electron chi connectivity index (χ2n) is 8.35. The van der Waals surface area contributed by atoms with Gasteiger partial charge in [-0.2, -0.15) is 0 Å². The predicted octanol–water partition coefficient (Wildman–Crippen LogP) is 3.50. The van der Waals surface area contributed by atoms with E-state index in [-0.39, 0.29) is 17.9 Å². The lowest BCUT2D eigenvalue weighted by Gasteiger charge is -2.34. The number of hydrogen-bond donors (Lipinski definition) is 1. The Labute approximate surface area is 158 Å². The van der Waals surface area contributed by atoms with Crippen LogP contribution < -0.4 is 5.32 Å². The zero-order valence-electron chi connectivity index (χ0n) is 16.8. The van der Waals surface area contributed by atoms with Gasteiger partial charge in [0.1, 0.15) is 5.78 Å². The van der Waals surface area contributed by atoms with Crippen molar-refractivity contribution >= 4 is 11.7 Å². The van der Waals surface area contributed by atoms with Crippen LogP contribution in [0.5, 0.6) is 0 Å². The number of ether oxygens (including phenoxy) is 2. The normalized spacial score (nSPS) is 28.6. The van der Waals surface area contributed by atoms with Crippen molar-refractivity contribution in [3.63, 3.8) is 0 Å². The Morgan fingerprint density at radius 1 is 1.04 bits per heavy atom. The number of Topliss-reactive ketones (excluding diaryl/α,β-unsaturated/α-hetero) is 1. The van der Waals surface area contributed by atoms with Gasteiger partial charge in [0.2, 0.25) is 5.91 Å².